The van der Waals surface area contributed by atoms with Crippen molar-refractivity contribution >= 4 is 5.91 Å². The van der Waals surface area contributed by atoms with Crippen molar-refractivity contribution in [1.29, 1.82) is 0 Å². The van der Waals surface area contributed by atoms with Gasteiger partial charge in [0.15, 0.2) is 0 Å². The molecule has 2 heterocycles. The van der Waals surface area contributed by atoms with Crippen LogP contribution in [0.1, 0.15) is 19.8 Å². The van der Waals surface area contributed by atoms with Gasteiger partial charge in [-0.1, -0.05) is 6.92 Å². The molecular formula is C13H24N2O3. The molecule has 2 fully saturated rings. The SMILES string of the molecule is CC(C(=O)N(C)CC1(O)CCOCC1)C1CNC1. The van der Waals surface area contributed by atoms with E-state index in [1.54, 1.807) is 11.9 Å². The second-order valence-corrected chi connectivity index (χ2v) is 5.74. The smallest absolute Gasteiger partial charge is 0.225 e. The molecule has 18 heavy (non-hydrogen) atoms. The minimum absolute atomic E-state index is 0.0414. The predicted molar refractivity (Wildman–Crippen MR) is 68.2 cm³/mol. The van der Waals surface area contributed by atoms with Crippen LogP contribution in [0.4, 0.5) is 0 Å². The molecule has 2 saturated heterocycles. The summed E-state index contributed by atoms with van der Waals surface area (Å²) in [6, 6.07) is 0. The second kappa shape index (κ2) is 5.55. The zero-order valence-electron chi connectivity index (χ0n) is 11.3. The van der Waals surface area contributed by atoms with Crippen LogP contribution in [0.5, 0.6) is 0 Å². The first kappa shape index (κ1) is 13.8. The quantitative estimate of drug-likeness (QED) is 0.734. The van der Waals surface area contributed by atoms with Crippen LogP contribution < -0.4 is 5.32 Å². The summed E-state index contributed by atoms with van der Waals surface area (Å²) in [6.45, 7) is 5.43. The lowest BCUT2D eigenvalue weighted by Gasteiger charge is -2.38. The number of ether oxygens (including phenoxy) is 1. The average Bonchev–Trinajstić information content (AvgIpc) is 2.25. The number of carbonyl (C=O) groups excluding carboxylic acids is 1. The minimum Gasteiger partial charge on any atom is -0.388 e. The lowest BCUT2D eigenvalue weighted by Crippen LogP contribution is -2.53. The van der Waals surface area contributed by atoms with Crippen LogP contribution in [-0.2, 0) is 9.53 Å². The molecule has 0 aliphatic carbocycles. The molecule has 2 N–H and O–H groups in total. The summed E-state index contributed by atoms with van der Waals surface area (Å²) in [5.41, 5.74) is -0.764. The first-order chi connectivity index (χ1) is 8.52. The van der Waals surface area contributed by atoms with E-state index in [4.69, 9.17) is 4.74 Å². The third-order valence-electron chi connectivity index (χ3n) is 4.24. The van der Waals surface area contributed by atoms with Gasteiger partial charge in [-0.2, -0.15) is 0 Å². The summed E-state index contributed by atoms with van der Waals surface area (Å²) >= 11 is 0. The Bertz CT molecular complexity index is 299. The molecule has 0 saturated carbocycles. The molecule has 5 nitrogen and oxygen atoms in total. The molecule has 5 heteroatoms. The molecule has 104 valence electrons. The predicted octanol–water partition coefficient (Wildman–Crippen LogP) is -0.158. The molecule has 2 rings (SSSR count). The number of aliphatic hydroxyl groups is 1. The summed E-state index contributed by atoms with van der Waals surface area (Å²) in [5, 5.41) is 13.6. The first-order valence-corrected chi connectivity index (χ1v) is 6.78. The lowest BCUT2D eigenvalue weighted by atomic mass is 9.87. The Morgan fingerprint density at radius 2 is 2.11 bits per heavy atom. The minimum atomic E-state index is -0.764. The molecule has 1 atom stereocenters. The highest BCUT2D eigenvalue weighted by Crippen LogP contribution is 2.23. The van der Waals surface area contributed by atoms with Crippen molar-refractivity contribution in [2.24, 2.45) is 11.8 Å². The monoisotopic (exact) mass is 256 g/mol. The van der Waals surface area contributed by atoms with Crippen molar-refractivity contribution in [2.45, 2.75) is 25.4 Å². The van der Waals surface area contributed by atoms with Crippen molar-refractivity contribution in [3.8, 4) is 0 Å². The van der Waals surface area contributed by atoms with Crippen molar-refractivity contribution in [3.63, 3.8) is 0 Å². The Morgan fingerprint density at radius 3 is 2.61 bits per heavy atom. The maximum atomic E-state index is 12.2. The zero-order valence-corrected chi connectivity index (χ0v) is 11.3. The van der Waals surface area contributed by atoms with Gasteiger partial charge in [0.25, 0.3) is 0 Å². The van der Waals surface area contributed by atoms with E-state index in [1.165, 1.54) is 0 Å². The van der Waals surface area contributed by atoms with Crippen molar-refractivity contribution < 1.29 is 14.6 Å². The van der Waals surface area contributed by atoms with Gasteiger partial charge in [0.2, 0.25) is 5.91 Å². The highest BCUT2D eigenvalue weighted by molar-refractivity contribution is 5.78. The van der Waals surface area contributed by atoms with E-state index >= 15 is 0 Å². The lowest BCUT2D eigenvalue weighted by molar-refractivity contribution is -0.142. The van der Waals surface area contributed by atoms with Crippen molar-refractivity contribution in [3.05, 3.63) is 0 Å². The van der Waals surface area contributed by atoms with Crippen molar-refractivity contribution in [2.75, 3.05) is 39.9 Å². The van der Waals surface area contributed by atoms with E-state index in [9.17, 15) is 9.90 Å². The van der Waals surface area contributed by atoms with Gasteiger partial charge in [-0.15, -0.1) is 0 Å². The van der Waals surface area contributed by atoms with Gasteiger partial charge in [-0.25, -0.2) is 0 Å². The molecule has 0 aromatic rings. The molecule has 0 spiro atoms. The number of hydrogen-bond acceptors (Lipinski definition) is 4. The van der Waals surface area contributed by atoms with Gasteiger partial charge in [0.05, 0.1) is 5.60 Å². The fraction of sp³-hybridized carbons (Fsp3) is 0.923. The Morgan fingerprint density at radius 1 is 1.50 bits per heavy atom. The summed E-state index contributed by atoms with van der Waals surface area (Å²) < 4.78 is 5.25. The van der Waals surface area contributed by atoms with Crippen LogP contribution in [0.3, 0.4) is 0 Å². The van der Waals surface area contributed by atoms with E-state index in [2.05, 4.69) is 5.32 Å². The van der Waals surface area contributed by atoms with Gasteiger partial charge in [-0.05, 0) is 19.0 Å². The maximum Gasteiger partial charge on any atom is 0.225 e. The first-order valence-electron chi connectivity index (χ1n) is 6.78. The zero-order chi connectivity index (χ0) is 13.2. The molecule has 0 aromatic heterocycles. The number of likely N-dealkylation sites (N-methyl/N-ethyl adjacent to an activating group) is 1. The van der Waals surface area contributed by atoms with Gasteiger partial charge < -0.3 is 20.1 Å². The van der Waals surface area contributed by atoms with E-state index in [1.807, 2.05) is 6.92 Å². The van der Waals surface area contributed by atoms with Crippen LogP contribution in [0.25, 0.3) is 0 Å². The van der Waals surface area contributed by atoms with E-state index < -0.39 is 5.60 Å². The summed E-state index contributed by atoms with van der Waals surface area (Å²) in [5.74, 6) is 0.630. The fourth-order valence-corrected chi connectivity index (χ4v) is 2.64. The fourth-order valence-electron chi connectivity index (χ4n) is 2.64. The number of carbonyl (C=O) groups is 1. The third kappa shape index (κ3) is 3.02. The van der Waals surface area contributed by atoms with E-state index in [0.29, 0.717) is 38.5 Å². The van der Waals surface area contributed by atoms with Gasteiger partial charge in [0.1, 0.15) is 0 Å². The van der Waals surface area contributed by atoms with E-state index in [0.717, 1.165) is 13.1 Å². The van der Waals surface area contributed by atoms with Crippen LogP contribution >= 0.6 is 0 Å². The Hall–Kier alpha value is -0.650. The van der Waals surface area contributed by atoms with Crippen LogP contribution in [0, 0.1) is 11.8 Å². The number of rotatable bonds is 4. The molecule has 0 radical (unpaired) electrons. The van der Waals surface area contributed by atoms with Crippen LogP contribution in [0.2, 0.25) is 0 Å². The Kier molecular flexibility index (Phi) is 4.25. The molecule has 0 aromatic carbocycles. The second-order valence-electron chi connectivity index (χ2n) is 5.74. The molecule has 2 aliphatic heterocycles. The maximum absolute atomic E-state index is 12.2. The number of amides is 1. The van der Waals surface area contributed by atoms with Gasteiger partial charge in [-0.3, -0.25) is 4.79 Å². The largest absolute Gasteiger partial charge is 0.388 e. The Labute approximate surface area is 108 Å². The number of hydrogen-bond donors (Lipinski definition) is 2. The molecular weight excluding hydrogens is 232 g/mol. The Balaban J connectivity index is 1.85. The molecule has 1 amide bonds. The van der Waals surface area contributed by atoms with Gasteiger partial charge in [0, 0.05) is 45.6 Å². The normalized spacial score (nSPS) is 25.3. The standard InChI is InChI=1S/C13H24N2O3/c1-10(11-7-14-8-11)12(16)15(2)9-13(17)3-5-18-6-4-13/h10-11,14,17H,3-9H2,1-2H3. The molecule has 1 unspecified atom stereocenters. The number of nitrogens with zero attached hydrogens (tertiary/aromatic N) is 1. The summed E-state index contributed by atoms with van der Waals surface area (Å²) in [6.07, 6.45) is 1.23. The summed E-state index contributed by atoms with van der Waals surface area (Å²) in [4.78, 5) is 13.9. The van der Waals surface area contributed by atoms with Crippen LogP contribution in [-0.4, -0.2) is 61.4 Å². The molecule has 2 aliphatic rings. The number of nitrogens with one attached hydrogen (secondary N) is 1. The summed E-state index contributed by atoms with van der Waals surface area (Å²) in [7, 11) is 1.79. The van der Waals surface area contributed by atoms with E-state index in [-0.39, 0.29) is 11.8 Å². The molecule has 0 bridgehead atoms. The topological polar surface area (TPSA) is 61.8 Å². The third-order valence-corrected chi connectivity index (χ3v) is 4.24. The van der Waals surface area contributed by atoms with Crippen LogP contribution in [0.15, 0.2) is 0 Å². The highest BCUT2D eigenvalue weighted by Gasteiger charge is 2.35. The van der Waals surface area contributed by atoms with Gasteiger partial charge >= 0.3 is 0 Å². The highest BCUT2D eigenvalue weighted by atomic mass is 16.5. The average molecular weight is 256 g/mol. The van der Waals surface area contributed by atoms with Crippen molar-refractivity contribution in [1.82, 2.24) is 10.2 Å².